The van der Waals surface area contributed by atoms with Crippen LogP contribution < -0.4 is 5.32 Å². The third-order valence-electron chi connectivity index (χ3n) is 4.55. The first kappa shape index (κ1) is 15.8. The van der Waals surface area contributed by atoms with Crippen molar-refractivity contribution >= 4 is 11.7 Å². The number of nitrogens with one attached hydrogen (secondary N) is 1. The minimum absolute atomic E-state index is 0.304. The minimum Gasteiger partial charge on any atom is -0.478 e. The van der Waals surface area contributed by atoms with Crippen molar-refractivity contribution in [2.24, 2.45) is 11.8 Å². The van der Waals surface area contributed by atoms with E-state index in [0.717, 1.165) is 30.5 Å². The maximum atomic E-state index is 11.4. The number of aromatic nitrogens is 1. The van der Waals surface area contributed by atoms with E-state index in [1.807, 2.05) is 13.0 Å². The molecule has 1 heterocycles. The molecule has 1 aromatic rings. The number of nitrogens with zero attached hydrogens (tertiary/aromatic N) is 1. The first-order chi connectivity index (χ1) is 9.97. The van der Waals surface area contributed by atoms with Gasteiger partial charge in [0.2, 0.25) is 0 Å². The van der Waals surface area contributed by atoms with Gasteiger partial charge in [0.15, 0.2) is 0 Å². The standard InChI is InChI=1S/C17H26N2O2/c1-11-4-6-14(7-5-11)8-9-18-15-10-12(2)19-13(3)16(15)17(20)21/h10-11,14H,4-9H2,1-3H3,(H,18,19)(H,20,21). The fourth-order valence-corrected chi connectivity index (χ4v) is 3.27. The molecule has 0 amide bonds. The van der Waals surface area contributed by atoms with Crippen LogP contribution in [0.15, 0.2) is 6.07 Å². The Balaban J connectivity index is 1.95. The Morgan fingerprint density at radius 2 is 2.00 bits per heavy atom. The summed E-state index contributed by atoms with van der Waals surface area (Å²) in [6.07, 6.45) is 6.40. The van der Waals surface area contributed by atoms with Crippen LogP contribution in [0.2, 0.25) is 0 Å². The van der Waals surface area contributed by atoms with Crippen molar-refractivity contribution in [3.05, 3.63) is 23.0 Å². The monoisotopic (exact) mass is 290 g/mol. The summed E-state index contributed by atoms with van der Waals surface area (Å²) in [6.45, 7) is 6.81. The summed E-state index contributed by atoms with van der Waals surface area (Å²) >= 11 is 0. The van der Waals surface area contributed by atoms with E-state index in [-0.39, 0.29) is 0 Å². The summed E-state index contributed by atoms with van der Waals surface area (Å²) in [5, 5.41) is 12.6. The first-order valence-corrected chi connectivity index (χ1v) is 7.92. The summed E-state index contributed by atoms with van der Waals surface area (Å²) in [5.41, 5.74) is 2.44. The number of carboxylic acid groups (broad SMARTS) is 1. The number of aryl methyl sites for hydroxylation is 2. The summed E-state index contributed by atoms with van der Waals surface area (Å²) in [4.78, 5) is 15.6. The molecule has 2 N–H and O–H groups in total. The molecule has 116 valence electrons. The highest BCUT2D eigenvalue weighted by Crippen LogP contribution is 2.30. The van der Waals surface area contributed by atoms with Crippen LogP contribution in [0.5, 0.6) is 0 Å². The number of carbonyl (C=O) groups is 1. The second-order valence-corrected chi connectivity index (χ2v) is 6.42. The molecule has 1 aromatic heterocycles. The van der Waals surface area contributed by atoms with Crippen molar-refractivity contribution < 1.29 is 9.90 Å². The predicted molar refractivity (Wildman–Crippen MR) is 84.9 cm³/mol. The Labute approximate surface area is 127 Å². The predicted octanol–water partition coefficient (Wildman–Crippen LogP) is 4.02. The molecule has 0 spiro atoms. The van der Waals surface area contributed by atoms with Gasteiger partial charge in [-0.3, -0.25) is 4.98 Å². The van der Waals surface area contributed by atoms with Crippen molar-refractivity contribution in [3.8, 4) is 0 Å². The summed E-state index contributed by atoms with van der Waals surface area (Å²) in [5.74, 6) is 0.748. The number of anilines is 1. The second kappa shape index (κ2) is 6.92. The van der Waals surface area contributed by atoms with Gasteiger partial charge in [-0.15, -0.1) is 0 Å². The van der Waals surface area contributed by atoms with E-state index in [4.69, 9.17) is 0 Å². The fourth-order valence-electron chi connectivity index (χ4n) is 3.27. The molecule has 0 atom stereocenters. The zero-order chi connectivity index (χ0) is 15.4. The third kappa shape index (κ3) is 4.19. The molecule has 1 aliphatic rings. The summed E-state index contributed by atoms with van der Waals surface area (Å²) < 4.78 is 0. The molecule has 1 saturated carbocycles. The number of rotatable bonds is 5. The summed E-state index contributed by atoms with van der Waals surface area (Å²) in [7, 11) is 0. The lowest BCUT2D eigenvalue weighted by Crippen LogP contribution is -2.17. The topological polar surface area (TPSA) is 62.2 Å². The van der Waals surface area contributed by atoms with Crippen LogP contribution >= 0.6 is 0 Å². The van der Waals surface area contributed by atoms with Gasteiger partial charge in [-0.05, 0) is 38.2 Å². The van der Waals surface area contributed by atoms with E-state index in [2.05, 4.69) is 17.2 Å². The molecule has 0 saturated heterocycles. The van der Waals surface area contributed by atoms with E-state index < -0.39 is 5.97 Å². The van der Waals surface area contributed by atoms with Crippen molar-refractivity contribution in [3.63, 3.8) is 0 Å². The number of hydrogen-bond donors (Lipinski definition) is 2. The molecular formula is C17H26N2O2. The van der Waals surface area contributed by atoms with Gasteiger partial charge in [-0.2, -0.15) is 0 Å². The van der Waals surface area contributed by atoms with Gasteiger partial charge in [-0.25, -0.2) is 4.79 Å². The molecule has 0 aliphatic heterocycles. The lowest BCUT2D eigenvalue weighted by molar-refractivity contribution is 0.0696. The van der Waals surface area contributed by atoms with Crippen LogP contribution in [0.25, 0.3) is 0 Å². The van der Waals surface area contributed by atoms with Gasteiger partial charge < -0.3 is 10.4 Å². The van der Waals surface area contributed by atoms with E-state index in [1.165, 1.54) is 25.7 Å². The Hall–Kier alpha value is -1.58. The molecule has 21 heavy (non-hydrogen) atoms. The SMILES string of the molecule is Cc1cc(NCCC2CCC(C)CC2)c(C(=O)O)c(C)n1. The normalized spacial score (nSPS) is 22.0. The maximum Gasteiger partial charge on any atom is 0.339 e. The van der Waals surface area contributed by atoms with E-state index >= 15 is 0 Å². The van der Waals surface area contributed by atoms with Crippen LogP contribution in [0.1, 0.15) is 60.8 Å². The highest BCUT2D eigenvalue weighted by Gasteiger charge is 2.19. The number of pyridine rings is 1. The Morgan fingerprint density at radius 1 is 1.33 bits per heavy atom. The Morgan fingerprint density at radius 3 is 2.62 bits per heavy atom. The largest absolute Gasteiger partial charge is 0.478 e. The molecule has 0 aromatic carbocycles. The second-order valence-electron chi connectivity index (χ2n) is 6.42. The molecule has 0 unspecified atom stereocenters. The van der Waals surface area contributed by atoms with E-state index in [1.54, 1.807) is 6.92 Å². The fraction of sp³-hybridized carbons (Fsp3) is 0.647. The number of carboxylic acids is 1. The van der Waals surface area contributed by atoms with Gasteiger partial charge in [0, 0.05) is 12.2 Å². The van der Waals surface area contributed by atoms with Crippen LogP contribution in [0, 0.1) is 25.7 Å². The zero-order valence-corrected chi connectivity index (χ0v) is 13.3. The molecule has 0 radical (unpaired) electrons. The highest BCUT2D eigenvalue weighted by atomic mass is 16.4. The average molecular weight is 290 g/mol. The minimum atomic E-state index is -0.908. The lowest BCUT2D eigenvalue weighted by Gasteiger charge is -2.26. The highest BCUT2D eigenvalue weighted by molar-refractivity contribution is 5.95. The maximum absolute atomic E-state index is 11.4. The van der Waals surface area contributed by atoms with Crippen molar-refractivity contribution in [2.75, 3.05) is 11.9 Å². The number of hydrogen-bond acceptors (Lipinski definition) is 3. The molecule has 1 fully saturated rings. The van der Waals surface area contributed by atoms with Crippen LogP contribution in [0.4, 0.5) is 5.69 Å². The van der Waals surface area contributed by atoms with Crippen LogP contribution in [-0.4, -0.2) is 22.6 Å². The zero-order valence-electron chi connectivity index (χ0n) is 13.3. The van der Waals surface area contributed by atoms with E-state index in [0.29, 0.717) is 16.9 Å². The molecule has 2 rings (SSSR count). The van der Waals surface area contributed by atoms with Gasteiger partial charge in [-0.1, -0.05) is 32.6 Å². The van der Waals surface area contributed by atoms with Gasteiger partial charge >= 0.3 is 5.97 Å². The average Bonchev–Trinajstić information content (AvgIpc) is 2.39. The van der Waals surface area contributed by atoms with E-state index in [9.17, 15) is 9.90 Å². The quantitative estimate of drug-likeness (QED) is 0.859. The molecule has 4 nitrogen and oxygen atoms in total. The Kier molecular flexibility index (Phi) is 5.21. The van der Waals surface area contributed by atoms with Gasteiger partial charge in [0.1, 0.15) is 5.56 Å². The summed E-state index contributed by atoms with van der Waals surface area (Å²) in [6, 6.07) is 1.83. The third-order valence-corrected chi connectivity index (χ3v) is 4.55. The van der Waals surface area contributed by atoms with Gasteiger partial charge in [0.25, 0.3) is 0 Å². The van der Waals surface area contributed by atoms with Crippen molar-refractivity contribution in [2.45, 2.75) is 52.9 Å². The Bertz CT molecular complexity index is 506. The van der Waals surface area contributed by atoms with Crippen LogP contribution in [0.3, 0.4) is 0 Å². The van der Waals surface area contributed by atoms with Crippen molar-refractivity contribution in [1.29, 1.82) is 0 Å². The molecule has 0 bridgehead atoms. The first-order valence-electron chi connectivity index (χ1n) is 7.92. The molecule has 4 heteroatoms. The molecular weight excluding hydrogens is 264 g/mol. The lowest BCUT2D eigenvalue weighted by atomic mass is 9.81. The number of aromatic carboxylic acids is 1. The van der Waals surface area contributed by atoms with Crippen molar-refractivity contribution in [1.82, 2.24) is 4.98 Å². The smallest absolute Gasteiger partial charge is 0.339 e. The molecule has 1 aliphatic carbocycles. The van der Waals surface area contributed by atoms with Crippen LogP contribution in [-0.2, 0) is 0 Å². The van der Waals surface area contributed by atoms with Gasteiger partial charge in [0.05, 0.1) is 11.4 Å².